The number of rotatable bonds is 21. The average molecular weight is 1040 g/mol. The number of aliphatic hydroxyl groups excluding tert-OH is 2. The molecule has 0 unspecified atom stereocenters. The lowest BCUT2D eigenvalue weighted by Gasteiger charge is -2.50. The maximum atomic E-state index is 14.4. The van der Waals surface area contributed by atoms with Crippen molar-refractivity contribution in [3.63, 3.8) is 0 Å². The van der Waals surface area contributed by atoms with Gasteiger partial charge in [0.15, 0.2) is 6.29 Å². The lowest BCUT2D eigenvalue weighted by Crippen LogP contribution is -2.73. The van der Waals surface area contributed by atoms with E-state index < -0.39 is 85.4 Å². The third-order valence-electron chi connectivity index (χ3n) is 13.2. The smallest absolute Gasteiger partial charge is 0.410 e. The van der Waals surface area contributed by atoms with Crippen LogP contribution in [0.2, 0.25) is 0 Å². The van der Waals surface area contributed by atoms with Crippen molar-refractivity contribution in [2.24, 2.45) is 5.11 Å². The number of azide groups is 1. The molecule has 0 spiro atoms. The van der Waals surface area contributed by atoms with Gasteiger partial charge in [0.1, 0.15) is 50.3 Å². The zero-order valence-corrected chi connectivity index (χ0v) is 41.9. The summed E-state index contributed by atoms with van der Waals surface area (Å²) in [7, 11) is 0. The maximum Gasteiger partial charge on any atom is 0.410 e. The minimum atomic E-state index is -1.89. The van der Waals surface area contributed by atoms with Crippen molar-refractivity contribution < 1.29 is 57.8 Å². The van der Waals surface area contributed by atoms with E-state index in [9.17, 15) is 30.1 Å². The normalized spacial score (nSPS) is 23.4. The largest absolute Gasteiger partial charge is 0.445 e. The van der Waals surface area contributed by atoms with Gasteiger partial charge in [-0.2, -0.15) is 0 Å². The van der Waals surface area contributed by atoms with Crippen molar-refractivity contribution in [2.45, 2.75) is 120 Å². The number of carbonyl (C=O) groups excluding carboxylic acids is 3. The quantitative estimate of drug-likeness (QED) is 0.0229. The van der Waals surface area contributed by atoms with Crippen LogP contribution >= 0.6 is 0 Å². The second kappa shape index (κ2) is 27.7. The fraction of sp³-hybridized carbons (Fsp3) is 0.328. The summed E-state index contributed by atoms with van der Waals surface area (Å²) in [6.45, 7) is 1.65. The lowest BCUT2D eigenvalue weighted by molar-refractivity contribution is -0.291. The van der Waals surface area contributed by atoms with Crippen LogP contribution in [0.15, 0.2) is 187 Å². The van der Waals surface area contributed by atoms with Crippen LogP contribution in [0, 0.1) is 0 Å². The number of amides is 3. The molecule has 1 aliphatic carbocycles. The zero-order chi connectivity index (χ0) is 53.1. The molecule has 8 rings (SSSR count). The Morgan fingerprint density at radius 2 is 1.01 bits per heavy atom. The molecule has 0 aromatic heterocycles. The van der Waals surface area contributed by atoms with Gasteiger partial charge in [-0.25, -0.2) is 14.4 Å². The molecule has 6 aromatic carbocycles. The summed E-state index contributed by atoms with van der Waals surface area (Å²) in [5.74, 6) is 0. The van der Waals surface area contributed by atoms with E-state index in [2.05, 4.69) is 20.7 Å². The third-order valence-corrected chi connectivity index (χ3v) is 13.2. The summed E-state index contributed by atoms with van der Waals surface area (Å²) in [5, 5.41) is 34.1. The molecule has 6 aromatic rings. The Morgan fingerprint density at radius 3 is 1.49 bits per heavy atom. The number of aliphatic hydroxyl groups is 2. The van der Waals surface area contributed by atoms with Crippen LogP contribution in [0.4, 0.5) is 14.4 Å². The number of carbonyl (C=O) groups is 3. The van der Waals surface area contributed by atoms with Crippen molar-refractivity contribution in [1.82, 2.24) is 15.5 Å². The van der Waals surface area contributed by atoms with Crippen molar-refractivity contribution in [3.05, 3.63) is 226 Å². The summed E-state index contributed by atoms with van der Waals surface area (Å²) in [6, 6.07) is 50.3. The molecule has 18 heteroatoms. The molecule has 0 radical (unpaired) electrons. The molecule has 0 bridgehead atoms. The predicted octanol–water partition coefficient (Wildman–Crippen LogP) is 8.89. The molecule has 18 nitrogen and oxygen atoms in total. The summed E-state index contributed by atoms with van der Waals surface area (Å²) < 4.78 is 44.0. The van der Waals surface area contributed by atoms with Crippen LogP contribution in [0.5, 0.6) is 0 Å². The van der Waals surface area contributed by atoms with Gasteiger partial charge in [0.05, 0.1) is 43.5 Å². The summed E-state index contributed by atoms with van der Waals surface area (Å²) in [5.41, 5.74) is 14.6. The summed E-state index contributed by atoms with van der Waals surface area (Å²) in [4.78, 5) is 46.7. The molecule has 11 atom stereocenters. The first kappa shape index (κ1) is 54.5. The van der Waals surface area contributed by atoms with E-state index in [0.29, 0.717) is 16.7 Å². The van der Waals surface area contributed by atoms with Gasteiger partial charge in [0.25, 0.3) is 0 Å². The van der Waals surface area contributed by atoms with E-state index in [1.54, 1.807) is 55.5 Å². The predicted molar refractivity (Wildman–Crippen MR) is 278 cm³/mol. The van der Waals surface area contributed by atoms with Gasteiger partial charge in [0.2, 0.25) is 0 Å². The van der Waals surface area contributed by atoms with Crippen LogP contribution in [0.25, 0.3) is 10.4 Å². The minimum absolute atomic E-state index is 0.0112. The first-order valence-corrected chi connectivity index (χ1v) is 25.1. The molecule has 2 fully saturated rings. The standard InChI is InChI=1S/C58H62N6O12/c1-39(64(33-40-20-8-2-9-21-40)58(69)74-38-45-30-18-7-19-31-45)52-47(70-34-41-22-10-3-11-23-41)32-46(62-63-59)55(75-52)76-54-49(61-57(68)73-37-44-28-16-6-17-29-44)53(71-35-42-24-12-4-13-25-42)48(50(65)51(54)66)60-56(67)72-36-43-26-14-5-15-27-43/h2-31,39,46-55,65-66H,32-38H2,1H3,(H,60,67)(H,61,68)/t39-,46+,47-,48-,49-,50-,51+,52+,53+,54+,55+/m0/s1. The van der Waals surface area contributed by atoms with Crippen molar-refractivity contribution in [1.29, 1.82) is 0 Å². The molecule has 1 aliphatic heterocycles. The Bertz CT molecular complexity index is 2770. The van der Waals surface area contributed by atoms with Crippen LogP contribution in [0.3, 0.4) is 0 Å². The number of hydrogen-bond acceptors (Lipinski definition) is 13. The Balaban J connectivity index is 1.13. The van der Waals surface area contributed by atoms with Crippen molar-refractivity contribution >= 4 is 18.3 Å². The fourth-order valence-electron chi connectivity index (χ4n) is 9.26. The monoisotopic (exact) mass is 1030 g/mol. The van der Waals surface area contributed by atoms with Crippen LogP contribution in [0.1, 0.15) is 46.7 Å². The van der Waals surface area contributed by atoms with Gasteiger partial charge < -0.3 is 54.0 Å². The number of alkyl carbamates (subject to hydrolysis) is 2. The molecule has 1 saturated heterocycles. The Hall–Kier alpha value is -7.80. The lowest BCUT2D eigenvalue weighted by atomic mass is 9.81. The van der Waals surface area contributed by atoms with Gasteiger partial charge >= 0.3 is 18.3 Å². The van der Waals surface area contributed by atoms with E-state index in [0.717, 1.165) is 16.7 Å². The third kappa shape index (κ3) is 15.2. The minimum Gasteiger partial charge on any atom is -0.445 e. The highest BCUT2D eigenvalue weighted by molar-refractivity contribution is 5.69. The summed E-state index contributed by atoms with van der Waals surface area (Å²) in [6.07, 6.45) is -12.7. The van der Waals surface area contributed by atoms with Crippen LogP contribution in [-0.2, 0) is 72.7 Å². The number of ether oxygens (including phenoxy) is 7. The molecule has 76 heavy (non-hydrogen) atoms. The topological polar surface area (TPSA) is 232 Å². The Kier molecular flexibility index (Phi) is 19.8. The van der Waals surface area contributed by atoms with E-state index in [-0.39, 0.29) is 46.0 Å². The maximum absolute atomic E-state index is 14.4. The van der Waals surface area contributed by atoms with Crippen LogP contribution < -0.4 is 10.6 Å². The molecule has 4 N–H and O–H groups in total. The van der Waals surface area contributed by atoms with Gasteiger partial charge in [-0.1, -0.05) is 187 Å². The molecular formula is C58H62N6O12. The Morgan fingerprint density at radius 1 is 0.592 bits per heavy atom. The molecule has 3 amide bonds. The van der Waals surface area contributed by atoms with E-state index in [1.807, 2.05) is 133 Å². The SMILES string of the molecule is C[C@@H]([C@H]1O[C@H](O[C@H]2[C@H](O)[C@@H](O)[C@H](NC(=O)OCc3ccccc3)[C@@H](OCc3ccccc3)[C@@H]2NC(=O)OCc2ccccc2)[C@H](N=[N+]=[N-])C[C@@H]1OCc1ccccc1)N(Cc1ccccc1)C(=O)OCc1ccccc1. The molecular weight excluding hydrogens is 973 g/mol. The molecule has 2 aliphatic rings. The van der Waals surface area contributed by atoms with Gasteiger partial charge in [0, 0.05) is 11.5 Å². The first-order chi connectivity index (χ1) is 37.1. The Labute approximate surface area is 441 Å². The summed E-state index contributed by atoms with van der Waals surface area (Å²) >= 11 is 0. The van der Waals surface area contributed by atoms with Crippen molar-refractivity contribution in [3.8, 4) is 0 Å². The highest BCUT2D eigenvalue weighted by Crippen LogP contribution is 2.35. The second-order valence-corrected chi connectivity index (χ2v) is 18.5. The van der Waals surface area contributed by atoms with Crippen molar-refractivity contribution in [2.75, 3.05) is 0 Å². The van der Waals surface area contributed by atoms with Gasteiger partial charge in [-0.15, -0.1) is 0 Å². The fourth-order valence-corrected chi connectivity index (χ4v) is 9.26. The molecule has 1 heterocycles. The number of benzene rings is 6. The first-order valence-electron chi connectivity index (χ1n) is 25.1. The number of nitrogens with zero attached hydrogens (tertiary/aromatic N) is 4. The number of hydrogen-bond donors (Lipinski definition) is 4. The van der Waals surface area contributed by atoms with E-state index in [1.165, 1.54) is 4.90 Å². The number of nitrogens with one attached hydrogen (secondary N) is 2. The second-order valence-electron chi connectivity index (χ2n) is 18.5. The molecule has 396 valence electrons. The highest BCUT2D eigenvalue weighted by atomic mass is 16.7. The van der Waals surface area contributed by atoms with Gasteiger partial charge in [-0.3, -0.25) is 4.90 Å². The van der Waals surface area contributed by atoms with Crippen LogP contribution in [-0.4, -0.2) is 100 Å². The highest BCUT2D eigenvalue weighted by Gasteiger charge is 2.55. The van der Waals surface area contributed by atoms with E-state index in [4.69, 9.17) is 33.2 Å². The molecule has 1 saturated carbocycles. The van der Waals surface area contributed by atoms with E-state index >= 15 is 0 Å². The average Bonchev–Trinajstić information content (AvgIpc) is 3.46. The van der Waals surface area contributed by atoms with Gasteiger partial charge in [-0.05, 0) is 52.3 Å². The zero-order valence-electron chi connectivity index (χ0n) is 41.9.